The zero-order valence-corrected chi connectivity index (χ0v) is 21.7. The Kier molecular flexibility index (Phi) is 9.87. The number of likely N-dealkylation sites (tertiary alicyclic amines) is 1. The Hall–Kier alpha value is -1.97. The third-order valence-electron chi connectivity index (χ3n) is 6.87. The highest BCUT2D eigenvalue weighted by atomic mass is 32.2. The lowest BCUT2D eigenvalue weighted by Crippen LogP contribution is -2.44. The van der Waals surface area contributed by atoms with E-state index in [1.807, 2.05) is 34.6 Å². The maximum atomic E-state index is 13.0. The van der Waals surface area contributed by atoms with Gasteiger partial charge in [-0.05, 0) is 81.7 Å². The largest absolute Gasteiger partial charge is 0.385 e. The summed E-state index contributed by atoms with van der Waals surface area (Å²) < 4.78 is 33.6. The number of sulfonamides is 1. The van der Waals surface area contributed by atoms with Gasteiger partial charge in [0.25, 0.3) is 0 Å². The molecule has 0 spiro atoms. The minimum absolute atomic E-state index is 0.0281. The summed E-state index contributed by atoms with van der Waals surface area (Å²) in [6.07, 6.45) is 2.10. The van der Waals surface area contributed by atoms with Crippen molar-refractivity contribution in [3.05, 3.63) is 27.8 Å². The van der Waals surface area contributed by atoms with Gasteiger partial charge in [0.15, 0.2) is 0 Å². The van der Waals surface area contributed by atoms with Crippen molar-refractivity contribution in [3.8, 4) is 0 Å². The first-order valence-corrected chi connectivity index (χ1v) is 13.1. The highest BCUT2D eigenvalue weighted by Gasteiger charge is 2.28. The smallest absolute Gasteiger partial charge is 0.241 e. The van der Waals surface area contributed by atoms with Gasteiger partial charge in [-0.15, -0.1) is 0 Å². The first-order chi connectivity index (χ1) is 15.5. The number of hydrogen-bond donors (Lipinski definition) is 2. The highest BCUT2D eigenvalue weighted by molar-refractivity contribution is 7.89. The van der Waals surface area contributed by atoms with Gasteiger partial charge in [-0.1, -0.05) is 0 Å². The number of piperidine rings is 1. The average molecular weight is 482 g/mol. The average Bonchev–Trinajstić information content (AvgIpc) is 2.79. The van der Waals surface area contributed by atoms with Gasteiger partial charge in [0.05, 0.1) is 4.90 Å². The van der Waals surface area contributed by atoms with Crippen molar-refractivity contribution in [2.75, 3.05) is 39.9 Å². The van der Waals surface area contributed by atoms with E-state index < -0.39 is 10.0 Å². The van der Waals surface area contributed by atoms with Gasteiger partial charge >= 0.3 is 0 Å². The molecule has 9 heteroatoms. The molecule has 1 aromatic rings. The molecule has 2 rings (SSSR count). The van der Waals surface area contributed by atoms with Gasteiger partial charge in [-0.25, -0.2) is 13.1 Å². The number of nitrogens with zero attached hydrogens (tertiary/aromatic N) is 1. The van der Waals surface area contributed by atoms with Crippen molar-refractivity contribution in [2.24, 2.45) is 5.92 Å². The molecule has 0 aromatic heterocycles. The summed E-state index contributed by atoms with van der Waals surface area (Å²) in [4.78, 5) is 26.9. The van der Waals surface area contributed by atoms with Crippen LogP contribution in [0.25, 0.3) is 0 Å². The molecule has 1 aliphatic heterocycles. The Balaban J connectivity index is 1.86. The first-order valence-electron chi connectivity index (χ1n) is 11.6. The standard InChI is InChI=1S/C24H39N3O5S/c1-16-17(2)19(4)23(20(5)18(16)3)33(30,31)26-12-8-22(28)27-13-9-21(10-14-27)24(29)25-11-7-15-32-6/h21,26H,7-15H2,1-6H3,(H,25,29). The van der Waals surface area contributed by atoms with E-state index >= 15 is 0 Å². The lowest BCUT2D eigenvalue weighted by Gasteiger charge is -2.31. The predicted molar refractivity (Wildman–Crippen MR) is 129 cm³/mol. The first kappa shape index (κ1) is 27.3. The van der Waals surface area contributed by atoms with Crippen LogP contribution in [0.2, 0.25) is 0 Å². The molecule has 0 bridgehead atoms. The Morgan fingerprint density at radius 3 is 2.03 bits per heavy atom. The zero-order valence-electron chi connectivity index (χ0n) is 20.8. The molecule has 1 saturated heterocycles. The van der Waals surface area contributed by atoms with Crippen molar-refractivity contribution in [1.29, 1.82) is 0 Å². The maximum absolute atomic E-state index is 13.0. The monoisotopic (exact) mass is 481 g/mol. The molecule has 1 fully saturated rings. The minimum atomic E-state index is -3.73. The van der Waals surface area contributed by atoms with Crippen LogP contribution in [0.4, 0.5) is 0 Å². The summed E-state index contributed by atoms with van der Waals surface area (Å²) in [5.41, 5.74) is 4.54. The van der Waals surface area contributed by atoms with Crippen LogP contribution >= 0.6 is 0 Å². The SMILES string of the molecule is COCCCNC(=O)C1CCN(C(=O)CCNS(=O)(=O)c2c(C)c(C)c(C)c(C)c2C)CC1. The third-order valence-corrected chi connectivity index (χ3v) is 8.61. The summed E-state index contributed by atoms with van der Waals surface area (Å²) in [6.45, 7) is 11.8. The number of amides is 2. The van der Waals surface area contributed by atoms with Crippen molar-refractivity contribution in [1.82, 2.24) is 14.9 Å². The molecular formula is C24H39N3O5S. The van der Waals surface area contributed by atoms with Crippen LogP contribution in [0.1, 0.15) is 53.5 Å². The number of nitrogens with one attached hydrogen (secondary N) is 2. The number of carbonyl (C=O) groups excluding carboxylic acids is 2. The molecule has 0 aliphatic carbocycles. The van der Waals surface area contributed by atoms with Gasteiger partial charge in [0.2, 0.25) is 21.8 Å². The predicted octanol–water partition coefficient (Wildman–Crippen LogP) is 2.29. The number of methoxy groups -OCH3 is 1. The van der Waals surface area contributed by atoms with Crippen LogP contribution < -0.4 is 10.0 Å². The fraction of sp³-hybridized carbons (Fsp3) is 0.667. The van der Waals surface area contributed by atoms with Crippen molar-refractivity contribution in [2.45, 2.75) is 65.2 Å². The van der Waals surface area contributed by atoms with Crippen molar-refractivity contribution in [3.63, 3.8) is 0 Å². The molecule has 0 radical (unpaired) electrons. The third kappa shape index (κ3) is 6.77. The normalized spacial score (nSPS) is 15.0. The Morgan fingerprint density at radius 2 is 1.48 bits per heavy atom. The van der Waals surface area contributed by atoms with E-state index in [1.165, 1.54) is 0 Å². The van der Waals surface area contributed by atoms with Gasteiger partial charge < -0.3 is 15.0 Å². The fourth-order valence-electron chi connectivity index (χ4n) is 4.35. The van der Waals surface area contributed by atoms with E-state index in [1.54, 1.807) is 12.0 Å². The molecule has 2 amide bonds. The summed E-state index contributed by atoms with van der Waals surface area (Å²) in [5.74, 6) is -0.157. The molecule has 2 N–H and O–H groups in total. The lowest BCUT2D eigenvalue weighted by atomic mass is 9.95. The summed E-state index contributed by atoms with van der Waals surface area (Å²) in [7, 11) is -2.09. The van der Waals surface area contributed by atoms with Crippen LogP contribution in [-0.4, -0.2) is 65.0 Å². The van der Waals surface area contributed by atoms with Crippen molar-refractivity contribution >= 4 is 21.8 Å². The molecule has 0 saturated carbocycles. The summed E-state index contributed by atoms with van der Waals surface area (Å²) in [6, 6.07) is 0. The Morgan fingerprint density at radius 1 is 0.939 bits per heavy atom. The fourth-order valence-corrected chi connectivity index (χ4v) is 5.98. The zero-order chi connectivity index (χ0) is 24.8. The number of ether oxygens (including phenoxy) is 1. The molecular weight excluding hydrogens is 442 g/mol. The van der Waals surface area contributed by atoms with E-state index in [4.69, 9.17) is 4.74 Å². The second kappa shape index (κ2) is 11.9. The highest BCUT2D eigenvalue weighted by Crippen LogP contribution is 2.29. The number of carbonyl (C=O) groups is 2. The van der Waals surface area contributed by atoms with Gasteiger partial charge in [0, 0.05) is 52.2 Å². The van der Waals surface area contributed by atoms with E-state index in [9.17, 15) is 18.0 Å². The van der Waals surface area contributed by atoms with E-state index in [0.29, 0.717) is 44.0 Å². The molecule has 1 aromatic carbocycles. The van der Waals surface area contributed by atoms with E-state index in [0.717, 1.165) is 34.2 Å². The molecule has 1 heterocycles. The van der Waals surface area contributed by atoms with Crippen LogP contribution in [0.5, 0.6) is 0 Å². The quantitative estimate of drug-likeness (QED) is 0.499. The van der Waals surface area contributed by atoms with Crippen LogP contribution in [0.3, 0.4) is 0 Å². The maximum Gasteiger partial charge on any atom is 0.241 e. The molecule has 0 unspecified atom stereocenters. The molecule has 8 nitrogen and oxygen atoms in total. The van der Waals surface area contributed by atoms with E-state index in [2.05, 4.69) is 10.0 Å². The van der Waals surface area contributed by atoms with Crippen LogP contribution in [-0.2, 0) is 24.3 Å². The van der Waals surface area contributed by atoms with Crippen LogP contribution in [0, 0.1) is 40.5 Å². The molecule has 33 heavy (non-hydrogen) atoms. The molecule has 186 valence electrons. The number of hydrogen-bond acceptors (Lipinski definition) is 5. The summed E-state index contributed by atoms with van der Waals surface area (Å²) >= 11 is 0. The lowest BCUT2D eigenvalue weighted by molar-refractivity contribution is -0.135. The van der Waals surface area contributed by atoms with Crippen molar-refractivity contribution < 1.29 is 22.7 Å². The van der Waals surface area contributed by atoms with Gasteiger partial charge in [-0.3, -0.25) is 9.59 Å². The topological polar surface area (TPSA) is 105 Å². The number of rotatable bonds is 10. The second-order valence-corrected chi connectivity index (χ2v) is 10.6. The minimum Gasteiger partial charge on any atom is -0.385 e. The van der Waals surface area contributed by atoms with E-state index in [-0.39, 0.29) is 30.7 Å². The molecule has 0 atom stereocenters. The van der Waals surface area contributed by atoms with Gasteiger partial charge in [0.1, 0.15) is 0 Å². The van der Waals surface area contributed by atoms with Crippen LogP contribution in [0.15, 0.2) is 4.90 Å². The Bertz CT molecular complexity index is 938. The van der Waals surface area contributed by atoms with Gasteiger partial charge in [-0.2, -0.15) is 0 Å². The Labute approximate surface area is 198 Å². The summed E-state index contributed by atoms with van der Waals surface area (Å²) in [5, 5.41) is 2.92. The second-order valence-electron chi connectivity index (χ2n) is 8.89. The molecule has 1 aliphatic rings. The number of benzene rings is 1.